The lowest BCUT2D eigenvalue weighted by atomic mass is 9.72. The molecule has 0 fully saturated rings. The van der Waals surface area contributed by atoms with E-state index >= 15 is 0 Å². The molecule has 0 unspecified atom stereocenters. The van der Waals surface area contributed by atoms with Crippen molar-refractivity contribution in [2.75, 3.05) is 0 Å². The first-order valence-corrected chi connectivity index (χ1v) is 9.89. The van der Waals surface area contributed by atoms with Gasteiger partial charge in [-0.2, -0.15) is 0 Å². The molecular formula is C24H38O4. The summed E-state index contributed by atoms with van der Waals surface area (Å²) in [6.07, 6.45) is 0. The average molecular weight is 391 g/mol. The van der Waals surface area contributed by atoms with Gasteiger partial charge < -0.3 is 9.47 Å². The second kappa shape index (κ2) is 7.53. The highest BCUT2D eigenvalue weighted by molar-refractivity contribution is 6.05. The molecular weight excluding hydrogens is 352 g/mol. The number of ether oxygens (including phenoxy) is 2. The summed E-state index contributed by atoms with van der Waals surface area (Å²) in [7, 11) is 0. The van der Waals surface area contributed by atoms with Crippen LogP contribution in [0.4, 0.5) is 0 Å². The number of esters is 2. The maximum absolute atomic E-state index is 13.3. The second-order valence-corrected chi connectivity index (χ2v) is 11.4. The molecule has 0 N–H and O–H groups in total. The number of rotatable bonds is 2. The van der Waals surface area contributed by atoms with Crippen LogP contribution in [0.25, 0.3) is 0 Å². The van der Waals surface area contributed by atoms with E-state index < -0.39 is 23.1 Å². The van der Waals surface area contributed by atoms with Crippen LogP contribution in [0.5, 0.6) is 0 Å². The first kappa shape index (κ1) is 24.2. The lowest BCUT2D eigenvalue weighted by Crippen LogP contribution is -2.32. The number of carbonyl (C=O) groups is 2. The van der Waals surface area contributed by atoms with Gasteiger partial charge in [0.05, 0.1) is 11.1 Å². The third-order valence-corrected chi connectivity index (χ3v) is 3.99. The third kappa shape index (κ3) is 6.35. The minimum absolute atomic E-state index is 0.203. The summed E-state index contributed by atoms with van der Waals surface area (Å²) in [5.74, 6) is -1.01. The van der Waals surface area contributed by atoms with Gasteiger partial charge in [0.15, 0.2) is 0 Å². The maximum Gasteiger partial charge on any atom is 0.339 e. The van der Waals surface area contributed by atoms with Gasteiger partial charge in [-0.05, 0) is 69.6 Å². The fourth-order valence-electron chi connectivity index (χ4n) is 3.05. The maximum atomic E-state index is 13.3. The molecule has 0 aliphatic heterocycles. The van der Waals surface area contributed by atoms with Crippen LogP contribution in [-0.2, 0) is 20.3 Å². The van der Waals surface area contributed by atoms with Gasteiger partial charge in [0.1, 0.15) is 11.2 Å². The fourth-order valence-corrected chi connectivity index (χ4v) is 3.05. The molecule has 0 saturated carbocycles. The van der Waals surface area contributed by atoms with Crippen LogP contribution >= 0.6 is 0 Å². The van der Waals surface area contributed by atoms with Crippen molar-refractivity contribution in [1.82, 2.24) is 0 Å². The molecule has 1 aromatic rings. The zero-order valence-corrected chi connectivity index (χ0v) is 19.8. The number of hydrogen-bond acceptors (Lipinski definition) is 4. The molecule has 0 saturated heterocycles. The van der Waals surface area contributed by atoms with Gasteiger partial charge >= 0.3 is 11.9 Å². The minimum atomic E-state index is -0.671. The van der Waals surface area contributed by atoms with E-state index in [4.69, 9.17) is 9.47 Å². The SMILES string of the molecule is CC(C)(C)OC(=O)c1ccc(C(C)(C)C)c(C(C)(C)C)c1C(=O)OC(C)(C)C. The molecule has 0 atom stereocenters. The van der Waals surface area contributed by atoms with Crippen molar-refractivity contribution in [1.29, 1.82) is 0 Å². The Morgan fingerprint density at radius 1 is 0.643 bits per heavy atom. The van der Waals surface area contributed by atoms with Gasteiger partial charge in [-0.3, -0.25) is 0 Å². The van der Waals surface area contributed by atoms with Gasteiger partial charge in [0.2, 0.25) is 0 Å². The molecule has 0 amide bonds. The smallest absolute Gasteiger partial charge is 0.339 e. The van der Waals surface area contributed by atoms with Crippen molar-refractivity contribution in [2.24, 2.45) is 0 Å². The predicted molar refractivity (Wildman–Crippen MR) is 114 cm³/mol. The van der Waals surface area contributed by atoms with E-state index in [2.05, 4.69) is 20.8 Å². The topological polar surface area (TPSA) is 52.6 Å². The highest BCUT2D eigenvalue weighted by atomic mass is 16.6. The summed E-state index contributed by atoms with van der Waals surface area (Å²) < 4.78 is 11.3. The molecule has 4 nitrogen and oxygen atoms in total. The van der Waals surface area contributed by atoms with Crippen molar-refractivity contribution >= 4 is 11.9 Å². The van der Waals surface area contributed by atoms with Crippen molar-refractivity contribution in [3.8, 4) is 0 Å². The van der Waals surface area contributed by atoms with Crippen molar-refractivity contribution in [3.05, 3.63) is 34.4 Å². The monoisotopic (exact) mass is 390 g/mol. The normalized spacial score (nSPS) is 13.3. The van der Waals surface area contributed by atoms with Gasteiger partial charge in [0, 0.05) is 0 Å². The summed E-state index contributed by atoms with van der Waals surface area (Å²) in [5.41, 5.74) is 0.512. The lowest BCUT2D eigenvalue weighted by Gasteiger charge is -2.33. The highest BCUT2D eigenvalue weighted by Crippen LogP contribution is 2.39. The van der Waals surface area contributed by atoms with Crippen molar-refractivity contribution in [2.45, 2.75) is 105 Å². The summed E-state index contributed by atoms with van der Waals surface area (Å²) in [5, 5.41) is 0. The van der Waals surface area contributed by atoms with Gasteiger partial charge in [-0.15, -0.1) is 0 Å². The van der Waals surface area contributed by atoms with E-state index in [-0.39, 0.29) is 16.4 Å². The summed E-state index contributed by atoms with van der Waals surface area (Å²) in [6.45, 7) is 23.3. The van der Waals surface area contributed by atoms with E-state index in [0.29, 0.717) is 5.56 Å². The zero-order chi connectivity index (χ0) is 22.3. The van der Waals surface area contributed by atoms with Gasteiger partial charge in [-0.1, -0.05) is 47.6 Å². The van der Waals surface area contributed by atoms with Crippen molar-refractivity contribution in [3.63, 3.8) is 0 Å². The van der Waals surface area contributed by atoms with E-state index in [9.17, 15) is 9.59 Å². The Hall–Kier alpha value is -1.84. The third-order valence-electron chi connectivity index (χ3n) is 3.99. The molecule has 1 rings (SSSR count). The quantitative estimate of drug-likeness (QED) is 0.565. The molecule has 0 radical (unpaired) electrons. The van der Waals surface area contributed by atoms with E-state index in [0.717, 1.165) is 11.1 Å². The molecule has 4 heteroatoms. The predicted octanol–water partition coefficient (Wildman–Crippen LogP) is 6.19. The lowest BCUT2D eigenvalue weighted by molar-refractivity contribution is 0.00164. The van der Waals surface area contributed by atoms with E-state index in [1.54, 1.807) is 6.07 Å². The Balaban J connectivity index is 3.88. The Morgan fingerprint density at radius 2 is 1.07 bits per heavy atom. The van der Waals surface area contributed by atoms with Crippen LogP contribution < -0.4 is 0 Å². The molecule has 28 heavy (non-hydrogen) atoms. The number of carbonyl (C=O) groups excluding carboxylic acids is 2. The number of benzene rings is 1. The molecule has 0 aliphatic carbocycles. The van der Waals surface area contributed by atoms with Crippen molar-refractivity contribution < 1.29 is 19.1 Å². The first-order valence-electron chi connectivity index (χ1n) is 9.89. The molecule has 0 heterocycles. The minimum Gasteiger partial charge on any atom is -0.456 e. The van der Waals surface area contributed by atoms with Crippen LogP contribution in [-0.4, -0.2) is 23.1 Å². The molecule has 0 spiro atoms. The summed E-state index contributed by atoms with van der Waals surface area (Å²) in [4.78, 5) is 26.2. The molecule has 0 aliphatic rings. The number of hydrogen-bond donors (Lipinski definition) is 0. The molecule has 0 aromatic heterocycles. The van der Waals surface area contributed by atoms with E-state index in [1.807, 2.05) is 68.4 Å². The van der Waals surface area contributed by atoms with Crippen LogP contribution in [0.1, 0.15) is 115 Å². The summed E-state index contributed by atoms with van der Waals surface area (Å²) in [6, 6.07) is 3.64. The van der Waals surface area contributed by atoms with Gasteiger partial charge in [0.25, 0.3) is 0 Å². The largest absolute Gasteiger partial charge is 0.456 e. The Labute approximate surface area is 171 Å². The molecule has 0 bridgehead atoms. The first-order chi connectivity index (χ1) is 12.2. The standard InChI is InChI=1S/C24H38O4/c1-21(2,3)16-14-13-15(19(25)27-23(7,8)9)17(18(16)22(4,5)6)20(26)28-24(10,11)12/h13-14H,1-12H3. The zero-order valence-electron chi connectivity index (χ0n) is 19.8. The van der Waals surface area contributed by atoms with Crippen LogP contribution in [0, 0.1) is 0 Å². The molecule has 158 valence electrons. The second-order valence-electron chi connectivity index (χ2n) is 11.4. The highest BCUT2D eigenvalue weighted by Gasteiger charge is 2.36. The Morgan fingerprint density at radius 3 is 1.43 bits per heavy atom. The van der Waals surface area contributed by atoms with Crippen LogP contribution in [0.2, 0.25) is 0 Å². The van der Waals surface area contributed by atoms with Crippen LogP contribution in [0.3, 0.4) is 0 Å². The fraction of sp³-hybridized carbons (Fsp3) is 0.667. The summed E-state index contributed by atoms with van der Waals surface area (Å²) >= 11 is 0. The van der Waals surface area contributed by atoms with E-state index in [1.165, 1.54) is 0 Å². The Bertz CT molecular complexity index is 745. The van der Waals surface area contributed by atoms with Crippen LogP contribution in [0.15, 0.2) is 12.1 Å². The van der Waals surface area contributed by atoms with Gasteiger partial charge in [-0.25, -0.2) is 9.59 Å². The Kier molecular flexibility index (Phi) is 6.51. The average Bonchev–Trinajstić information content (AvgIpc) is 2.39. The molecule has 1 aromatic carbocycles.